The third-order valence-electron chi connectivity index (χ3n) is 11.4. The summed E-state index contributed by atoms with van der Waals surface area (Å²) in [6, 6.07) is 0. The van der Waals surface area contributed by atoms with E-state index in [2.05, 4.69) is 38.2 Å². The van der Waals surface area contributed by atoms with Crippen molar-refractivity contribution in [2.75, 3.05) is 47.5 Å². The number of ether oxygens (including phenoxy) is 2. The zero-order valence-corrected chi connectivity index (χ0v) is 42.2. The van der Waals surface area contributed by atoms with Gasteiger partial charge in [0.15, 0.2) is 6.10 Å². The second-order valence-electron chi connectivity index (χ2n) is 18.9. The molecule has 0 fully saturated rings. The molecule has 0 N–H and O–H groups in total. The fraction of sp³-hybridized carbons (Fsp3) is 0.885. The minimum absolute atomic E-state index is 0.0359. The maximum atomic E-state index is 12.7. The normalized spacial score (nSPS) is 13.6. The number of allylic oxidation sites excluding steroid dienone is 4. The molecule has 0 bridgehead atoms. The second-order valence-corrected chi connectivity index (χ2v) is 20.3. The highest BCUT2D eigenvalue weighted by Gasteiger charge is 2.21. The van der Waals surface area contributed by atoms with Crippen LogP contribution in [0.3, 0.4) is 0 Å². The Morgan fingerprint density at radius 2 is 0.839 bits per heavy atom. The molecule has 0 aliphatic rings. The largest absolute Gasteiger partial charge is 0.756 e. The quantitative estimate of drug-likeness (QED) is 0.0195. The molecule has 0 spiro atoms. The van der Waals surface area contributed by atoms with Crippen LogP contribution in [0.4, 0.5) is 0 Å². The topological polar surface area (TPSA) is 111 Å². The van der Waals surface area contributed by atoms with E-state index in [4.69, 9.17) is 18.5 Å². The van der Waals surface area contributed by atoms with E-state index in [-0.39, 0.29) is 26.1 Å². The Bertz CT molecular complexity index is 1110. The lowest BCUT2D eigenvalue weighted by Gasteiger charge is -2.28. The summed E-state index contributed by atoms with van der Waals surface area (Å²) in [4.78, 5) is 37.7. The van der Waals surface area contributed by atoms with Crippen molar-refractivity contribution in [3.8, 4) is 0 Å². The number of hydrogen-bond donors (Lipinski definition) is 0. The van der Waals surface area contributed by atoms with Crippen molar-refractivity contribution in [1.29, 1.82) is 0 Å². The highest BCUT2D eigenvalue weighted by atomic mass is 31.2. The number of nitrogens with zero attached hydrogens (tertiary/aromatic N) is 1. The van der Waals surface area contributed by atoms with Gasteiger partial charge in [0.1, 0.15) is 19.8 Å². The minimum Gasteiger partial charge on any atom is -0.756 e. The maximum Gasteiger partial charge on any atom is 0.306 e. The molecule has 62 heavy (non-hydrogen) atoms. The lowest BCUT2D eigenvalue weighted by molar-refractivity contribution is -0.870. The molecular weight excluding hydrogens is 798 g/mol. The van der Waals surface area contributed by atoms with E-state index in [0.29, 0.717) is 23.9 Å². The number of carbonyl (C=O) groups is 2. The van der Waals surface area contributed by atoms with Gasteiger partial charge in [-0.15, -0.1) is 0 Å². The fourth-order valence-corrected chi connectivity index (χ4v) is 8.09. The van der Waals surface area contributed by atoms with Crippen LogP contribution in [0.25, 0.3) is 0 Å². The average Bonchev–Trinajstić information content (AvgIpc) is 3.23. The number of esters is 2. The van der Waals surface area contributed by atoms with Gasteiger partial charge < -0.3 is 27.9 Å². The second kappa shape index (κ2) is 44.7. The molecule has 0 saturated carbocycles. The van der Waals surface area contributed by atoms with Crippen LogP contribution in [0, 0.1) is 0 Å². The van der Waals surface area contributed by atoms with Crippen molar-refractivity contribution in [2.45, 2.75) is 251 Å². The molecule has 0 saturated heterocycles. The smallest absolute Gasteiger partial charge is 0.306 e. The number of rotatable bonds is 48. The predicted molar refractivity (Wildman–Crippen MR) is 259 cm³/mol. The fourth-order valence-electron chi connectivity index (χ4n) is 7.36. The first-order valence-corrected chi connectivity index (χ1v) is 27.5. The highest BCUT2D eigenvalue weighted by molar-refractivity contribution is 7.45. The van der Waals surface area contributed by atoms with Crippen LogP contribution in [0.5, 0.6) is 0 Å². The first-order valence-electron chi connectivity index (χ1n) is 26.0. The highest BCUT2D eigenvalue weighted by Crippen LogP contribution is 2.38. The summed E-state index contributed by atoms with van der Waals surface area (Å²) >= 11 is 0. The molecule has 10 heteroatoms. The Hall–Kier alpha value is -1.51. The van der Waals surface area contributed by atoms with Crippen molar-refractivity contribution in [2.24, 2.45) is 0 Å². The Morgan fingerprint density at radius 1 is 0.484 bits per heavy atom. The molecule has 0 rings (SSSR count). The van der Waals surface area contributed by atoms with Gasteiger partial charge in [-0.1, -0.05) is 199 Å². The van der Waals surface area contributed by atoms with Crippen molar-refractivity contribution in [1.82, 2.24) is 0 Å². The molecule has 0 aliphatic carbocycles. The summed E-state index contributed by atoms with van der Waals surface area (Å²) in [5, 5.41) is 0. The van der Waals surface area contributed by atoms with Gasteiger partial charge in [0.25, 0.3) is 7.82 Å². The molecular formula is C52H100NO8P. The standard InChI is InChI=1S/C52H100NO8P/c1-6-8-10-12-14-16-18-20-22-23-24-25-26-27-28-29-31-33-35-37-39-41-43-45-52(55)61-50(49-60-62(56,57)59-47-46-53(3,4)5)48-58-51(54)44-42-40-38-36-34-32-30-21-19-17-15-13-11-9-7-2/h32,34,37,39,50H,6-31,33,35-36,38,40-49H2,1-5H3/b34-32+,39-37+/t50-/m1/s1. The summed E-state index contributed by atoms with van der Waals surface area (Å²) in [6.07, 6.45) is 50.9. The van der Waals surface area contributed by atoms with Gasteiger partial charge in [0.2, 0.25) is 0 Å². The van der Waals surface area contributed by atoms with E-state index in [9.17, 15) is 19.0 Å². The van der Waals surface area contributed by atoms with Gasteiger partial charge in [-0.05, 0) is 57.8 Å². The number of quaternary nitrogens is 1. The molecule has 366 valence electrons. The van der Waals surface area contributed by atoms with Crippen molar-refractivity contribution in [3.63, 3.8) is 0 Å². The van der Waals surface area contributed by atoms with E-state index >= 15 is 0 Å². The van der Waals surface area contributed by atoms with Crippen LogP contribution in [0.2, 0.25) is 0 Å². The molecule has 9 nitrogen and oxygen atoms in total. The van der Waals surface area contributed by atoms with E-state index in [1.807, 2.05) is 21.1 Å². The molecule has 0 aromatic carbocycles. The van der Waals surface area contributed by atoms with Crippen LogP contribution in [0.15, 0.2) is 24.3 Å². The number of phosphoric ester groups is 1. The zero-order chi connectivity index (χ0) is 45.7. The van der Waals surface area contributed by atoms with Crippen LogP contribution in [-0.2, 0) is 32.7 Å². The van der Waals surface area contributed by atoms with Crippen LogP contribution >= 0.6 is 7.82 Å². The summed E-state index contributed by atoms with van der Waals surface area (Å²) in [7, 11) is 1.15. The van der Waals surface area contributed by atoms with Gasteiger partial charge in [-0.25, -0.2) is 0 Å². The number of unbranched alkanes of at least 4 members (excludes halogenated alkanes) is 30. The molecule has 0 aromatic heterocycles. The van der Waals surface area contributed by atoms with E-state index in [1.165, 1.54) is 167 Å². The number of carbonyl (C=O) groups excluding carboxylic acids is 2. The SMILES string of the molecule is CCCCCCCCCC/C=C/CCCCCC(=O)OC[C@H](COP(=O)([O-])OCC[N+](C)(C)C)OC(=O)CCC/C=C/CCCCCCCCCCCCCCCCCCCC. The van der Waals surface area contributed by atoms with Gasteiger partial charge in [0, 0.05) is 12.8 Å². The van der Waals surface area contributed by atoms with E-state index in [0.717, 1.165) is 38.5 Å². The Kier molecular flexibility index (Phi) is 43.6. The summed E-state index contributed by atoms with van der Waals surface area (Å²) in [5.74, 6) is -0.880. The molecule has 0 radical (unpaired) electrons. The Labute approximate surface area is 383 Å². The lowest BCUT2D eigenvalue weighted by Crippen LogP contribution is -2.37. The molecule has 1 unspecified atom stereocenters. The molecule has 0 aliphatic heterocycles. The molecule has 0 heterocycles. The third kappa shape index (κ3) is 48.0. The van der Waals surface area contributed by atoms with E-state index in [1.54, 1.807) is 0 Å². The van der Waals surface area contributed by atoms with Gasteiger partial charge in [-0.3, -0.25) is 14.2 Å². The summed E-state index contributed by atoms with van der Waals surface area (Å²) < 4.78 is 34.0. The van der Waals surface area contributed by atoms with Crippen molar-refractivity contribution in [3.05, 3.63) is 24.3 Å². The minimum atomic E-state index is -4.64. The van der Waals surface area contributed by atoms with Gasteiger partial charge in [0.05, 0.1) is 27.7 Å². The lowest BCUT2D eigenvalue weighted by atomic mass is 10.0. The Morgan fingerprint density at radius 3 is 1.24 bits per heavy atom. The van der Waals surface area contributed by atoms with Crippen molar-refractivity contribution >= 4 is 19.8 Å². The van der Waals surface area contributed by atoms with Crippen molar-refractivity contribution < 1.29 is 42.1 Å². The average molecular weight is 898 g/mol. The summed E-state index contributed by atoms with van der Waals surface area (Å²) in [5.41, 5.74) is 0. The molecule has 0 amide bonds. The molecule has 2 atom stereocenters. The molecule has 0 aromatic rings. The van der Waals surface area contributed by atoms with E-state index < -0.39 is 32.5 Å². The Balaban J connectivity index is 4.24. The number of phosphoric acid groups is 1. The monoisotopic (exact) mass is 898 g/mol. The zero-order valence-electron chi connectivity index (χ0n) is 41.3. The summed E-state index contributed by atoms with van der Waals surface area (Å²) in [6.45, 7) is 4.22. The van der Waals surface area contributed by atoms with Crippen LogP contribution < -0.4 is 4.89 Å². The number of likely N-dealkylation sites (N-methyl/N-ethyl adjacent to an activating group) is 1. The van der Waals surface area contributed by atoms with Gasteiger partial charge in [-0.2, -0.15) is 0 Å². The van der Waals surface area contributed by atoms with Crippen LogP contribution in [0.1, 0.15) is 245 Å². The first kappa shape index (κ1) is 60.5. The number of hydrogen-bond acceptors (Lipinski definition) is 8. The maximum absolute atomic E-state index is 12.7. The van der Waals surface area contributed by atoms with Gasteiger partial charge >= 0.3 is 11.9 Å². The first-order chi connectivity index (χ1) is 30.0. The predicted octanol–water partition coefficient (Wildman–Crippen LogP) is 14.8. The third-order valence-corrected chi connectivity index (χ3v) is 12.4. The van der Waals surface area contributed by atoms with Crippen LogP contribution in [-0.4, -0.2) is 70.0 Å².